The van der Waals surface area contributed by atoms with Crippen molar-refractivity contribution in [1.29, 1.82) is 0 Å². The molecule has 27 heavy (non-hydrogen) atoms. The predicted octanol–water partition coefficient (Wildman–Crippen LogP) is 3.05. The van der Waals surface area contributed by atoms with Crippen molar-refractivity contribution < 1.29 is 9.59 Å². The summed E-state index contributed by atoms with van der Waals surface area (Å²) in [4.78, 5) is 29.8. The van der Waals surface area contributed by atoms with E-state index in [0.29, 0.717) is 5.91 Å². The van der Waals surface area contributed by atoms with Crippen molar-refractivity contribution in [3.63, 3.8) is 0 Å². The average Bonchev–Trinajstić information content (AvgIpc) is 2.72. The molecular weight excluding hydrogens is 338 g/mol. The largest absolute Gasteiger partial charge is 0.339 e. The van der Waals surface area contributed by atoms with Crippen LogP contribution in [0.5, 0.6) is 0 Å². The highest BCUT2D eigenvalue weighted by Crippen LogP contribution is 2.28. The molecule has 1 saturated carbocycles. The molecule has 1 aromatic carbocycles. The van der Waals surface area contributed by atoms with Crippen LogP contribution in [-0.4, -0.2) is 53.3 Å². The van der Waals surface area contributed by atoms with Gasteiger partial charge in [-0.05, 0) is 50.7 Å². The van der Waals surface area contributed by atoms with E-state index >= 15 is 0 Å². The Morgan fingerprint density at radius 3 is 2.44 bits per heavy atom. The molecule has 2 fully saturated rings. The van der Waals surface area contributed by atoms with Crippen molar-refractivity contribution in [3.05, 3.63) is 35.9 Å². The second-order valence-electron chi connectivity index (χ2n) is 8.04. The number of piperidine rings is 1. The summed E-state index contributed by atoms with van der Waals surface area (Å²) in [5, 5.41) is 0. The van der Waals surface area contributed by atoms with E-state index in [0.717, 1.165) is 70.1 Å². The minimum absolute atomic E-state index is 0.0873. The monoisotopic (exact) mass is 371 g/mol. The van der Waals surface area contributed by atoms with Crippen molar-refractivity contribution in [2.45, 2.75) is 64.0 Å². The van der Waals surface area contributed by atoms with Gasteiger partial charge >= 0.3 is 0 Å². The molecule has 1 saturated heterocycles. The van der Waals surface area contributed by atoms with Crippen LogP contribution in [0.25, 0.3) is 0 Å². The normalized spacial score (nSPS) is 23.9. The van der Waals surface area contributed by atoms with Crippen LogP contribution in [0.3, 0.4) is 0 Å². The van der Waals surface area contributed by atoms with Crippen LogP contribution in [0.2, 0.25) is 0 Å². The van der Waals surface area contributed by atoms with Gasteiger partial charge in [0.25, 0.3) is 5.91 Å². The van der Waals surface area contributed by atoms with Crippen LogP contribution >= 0.6 is 0 Å². The molecule has 2 unspecified atom stereocenters. The summed E-state index contributed by atoms with van der Waals surface area (Å²) in [6.07, 6.45) is 6.58. The zero-order valence-electron chi connectivity index (χ0n) is 16.5. The quantitative estimate of drug-likeness (QED) is 0.865. The van der Waals surface area contributed by atoms with Gasteiger partial charge in [-0.3, -0.25) is 9.59 Å². The fourth-order valence-electron chi connectivity index (χ4n) is 4.54. The molecule has 3 rings (SSSR count). The summed E-state index contributed by atoms with van der Waals surface area (Å²) in [5.41, 5.74) is 6.85. The molecule has 5 nitrogen and oxygen atoms in total. The van der Waals surface area contributed by atoms with Crippen molar-refractivity contribution >= 4 is 11.8 Å². The number of nitrogens with zero attached hydrogens (tertiary/aromatic N) is 2. The zero-order chi connectivity index (χ0) is 19.2. The van der Waals surface area contributed by atoms with Gasteiger partial charge in [0, 0.05) is 43.2 Å². The van der Waals surface area contributed by atoms with Crippen LogP contribution in [0.1, 0.15) is 62.2 Å². The van der Waals surface area contributed by atoms with Gasteiger partial charge in [0.1, 0.15) is 0 Å². The smallest absolute Gasteiger partial charge is 0.253 e. The number of rotatable bonds is 5. The number of benzene rings is 1. The Balaban J connectivity index is 1.60. The lowest BCUT2D eigenvalue weighted by Gasteiger charge is -2.41. The third kappa shape index (κ3) is 4.89. The Morgan fingerprint density at radius 1 is 1.11 bits per heavy atom. The first-order valence-corrected chi connectivity index (χ1v) is 10.5. The summed E-state index contributed by atoms with van der Waals surface area (Å²) in [7, 11) is 0. The third-order valence-electron chi connectivity index (χ3n) is 6.02. The number of likely N-dealkylation sites (tertiary alicyclic amines) is 1. The number of carbonyl (C=O) groups excluding carboxylic acids is 2. The average molecular weight is 372 g/mol. The first-order valence-electron chi connectivity index (χ1n) is 10.5. The van der Waals surface area contributed by atoms with Gasteiger partial charge < -0.3 is 15.5 Å². The molecule has 0 radical (unpaired) electrons. The predicted molar refractivity (Wildman–Crippen MR) is 107 cm³/mol. The van der Waals surface area contributed by atoms with E-state index in [4.69, 9.17) is 5.73 Å². The van der Waals surface area contributed by atoms with Gasteiger partial charge in [0.15, 0.2) is 0 Å². The number of carbonyl (C=O) groups is 2. The highest BCUT2D eigenvalue weighted by molar-refractivity contribution is 5.94. The highest BCUT2D eigenvalue weighted by Gasteiger charge is 2.34. The standard InChI is InChI=1S/C22H33N3O2/c1-2-13-25(22(27)18-9-6-10-19(23)16-18)20-11-14-24(15-12-20)21(26)17-7-4-3-5-8-17/h3-5,7-8,18-20H,2,6,9-16,23H2,1H3. The third-order valence-corrected chi connectivity index (χ3v) is 6.02. The zero-order valence-corrected chi connectivity index (χ0v) is 16.5. The van der Waals surface area contributed by atoms with Crippen molar-refractivity contribution in [1.82, 2.24) is 9.80 Å². The summed E-state index contributed by atoms with van der Waals surface area (Å²) < 4.78 is 0. The molecule has 148 valence electrons. The topological polar surface area (TPSA) is 66.6 Å². The lowest BCUT2D eigenvalue weighted by Crippen LogP contribution is -2.51. The van der Waals surface area contributed by atoms with Gasteiger partial charge in [-0.15, -0.1) is 0 Å². The summed E-state index contributed by atoms with van der Waals surface area (Å²) >= 11 is 0. The van der Waals surface area contributed by atoms with Crippen LogP contribution < -0.4 is 5.73 Å². The molecule has 1 aromatic rings. The maximum absolute atomic E-state index is 13.2. The molecule has 2 atom stereocenters. The molecular formula is C22H33N3O2. The van der Waals surface area contributed by atoms with Gasteiger partial charge in [-0.25, -0.2) is 0 Å². The van der Waals surface area contributed by atoms with Crippen molar-refractivity contribution in [2.75, 3.05) is 19.6 Å². The molecule has 0 bridgehead atoms. The van der Waals surface area contributed by atoms with Crippen molar-refractivity contribution in [3.8, 4) is 0 Å². The van der Waals surface area contributed by atoms with E-state index in [1.54, 1.807) is 0 Å². The van der Waals surface area contributed by atoms with Gasteiger partial charge in [-0.1, -0.05) is 31.5 Å². The minimum Gasteiger partial charge on any atom is -0.339 e. The van der Waals surface area contributed by atoms with Crippen LogP contribution in [0.4, 0.5) is 0 Å². The number of hydrogen-bond acceptors (Lipinski definition) is 3. The lowest BCUT2D eigenvalue weighted by atomic mass is 9.84. The van der Waals surface area contributed by atoms with Crippen LogP contribution in [0.15, 0.2) is 30.3 Å². The molecule has 2 N–H and O–H groups in total. The number of hydrogen-bond donors (Lipinski definition) is 1. The molecule has 2 aliphatic rings. The molecule has 0 aromatic heterocycles. The van der Waals surface area contributed by atoms with E-state index in [-0.39, 0.29) is 23.9 Å². The van der Waals surface area contributed by atoms with Gasteiger partial charge in [0.2, 0.25) is 5.91 Å². The van der Waals surface area contributed by atoms with Gasteiger partial charge in [-0.2, -0.15) is 0 Å². The molecule has 0 spiro atoms. The van der Waals surface area contributed by atoms with Crippen molar-refractivity contribution in [2.24, 2.45) is 11.7 Å². The molecule has 1 aliphatic heterocycles. The Morgan fingerprint density at radius 2 is 1.81 bits per heavy atom. The second-order valence-corrected chi connectivity index (χ2v) is 8.04. The number of amides is 2. The summed E-state index contributed by atoms with van der Waals surface area (Å²) in [6.45, 7) is 4.37. The first-order chi connectivity index (χ1) is 13.1. The summed E-state index contributed by atoms with van der Waals surface area (Å²) in [5.74, 6) is 0.477. The molecule has 1 aliphatic carbocycles. The van der Waals surface area contributed by atoms with E-state index in [1.807, 2.05) is 35.2 Å². The van der Waals surface area contributed by atoms with E-state index in [2.05, 4.69) is 11.8 Å². The van der Waals surface area contributed by atoms with E-state index in [1.165, 1.54) is 0 Å². The van der Waals surface area contributed by atoms with E-state index < -0.39 is 0 Å². The first kappa shape index (κ1) is 19.9. The Hall–Kier alpha value is -1.88. The Labute approximate surface area is 162 Å². The maximum atomic E-state index is 13.2. The lowest BCUT2D eigenvalue weighted by molar-refractivity contribution is -0.140. The summed E-state index contributed by atoms with van der Waals surface area (Å²) in [6, 6.07) is 9.87. The fourth-order valence-corrected chi connectivity index (χ4v) is 4.54. The highest BCUT2D eigenvalue weighted by atomic mass is 16.2. The minimum atomic E-state index is 0.0873. The second kappa shape index (κ2) is 9.36. The number of nitrogens with two attached hydrogens (primary N) is 1. The molecule has 5 heteroatoms. The van der Waals surface area contributed by atoms with E-state index in [9.17, 15) is 9.59 Å². The van der Waals surface area contributed by atoms with Gasteiger partial charge in [0.05, 0.1) is 0 Å². The molecule has 2 amide bonds. The van der Waals surface area contributed by atoms with Crippen LogP contribution in [0, 0.1) is 5.92 Å². The fraction of sp³-hybridized carbons (Fsp3) is 0.636. The van der Waals surface area contributed by atoms with Crippen LogP contribution in [-0.2, 0) is 4.79 Å². The Bertz CT molecular complexity index is 626. The Kier molecular flexibility index (Phi) is 6.89. The SMILES string of the molecule is CCCN(C(=O)C1CCCC(N)C1)C1CCN(C(=O)c2ccccc2)CC1. The maximum Gasteiger partial charge on any atom is 0.253 e. The molecule has 1 heterocycles.